The average molecular weight is 300 g/mol. The van der Waals surface area contributed by atoms with E-state index in [1.807, 2.05) is 0 Å². The Morgan fingerprint density at radius 1 is 1.58 bits per heavy atom. The molecule has 0 saturated heterocycles. The van der Waals surface area contributed by atoms with Crippen molar-refractivity contribution in [2.24, 2.45) is 5.73 Å². The van der Waals surface area contributed by atoms with Crippen LogP contribution in [-0.4, -0.2) is 10.9 Å². The highest BCUT2D eigenvalue weighted by Gasteiger charge is 2.14. The molecule has 0 aliphatic heterocycles. The van der Waals surface area contributed by atoms with Gasteiger partial charge in [-0.2, -0.15) is 0 Å². The van der Waals surface area contributed by atoms with Crippen molar-refractivity contribution in [1.29, 1.82) is 0 Å². The number of rotatable bonds is 3. The van der Waals surface area contributed by atoms with Gasteiger partial charge in [0.1, 0.15) is 16.5 Å². The summed E-state index contributed by atoms with van der Waals surface area (Å²) in [5, 5.41) is 5.00. The van der Waals surface area contributed by atoms with Crippen LogP contribution < -0.4 is 11.1 Å². The first-order valence-electron chi connectivity index (χ1n) is 5.45. The van der Waals surface area contributed by atoms with Crippen LogP contribution in [0.15, 0.2) is 23.6 Å². The van der Waals surface area contributed by atoms with E-state index >= 15 is 0 Å². The second kappa shape index (κ2) is 5.64. The molecule has 1 amide bonds. The molecule has 1 atom stereocenters. The van der Waals surface area contributed by atoms with Gasteiger partial charge in [-0.1, -0.05) is 11.6 Å². The number of benzene rings is 1. The van der Waals surface area contributed by atoms with Crippen LogP contribution >= 0.6 is 22.9 Å². The second-order valence-corrected chi connectivity index (χ2v) is 5.23. The number of thiazole rings is 1. The number of nitrogens with one attached hydrogen (secondary N) is 1. The molecular formula is C12H11ClFN3OS. The topological polar surface area (TPSA) is 68.0 Å². The maximum atomic E-state index is 12.9. The number of carbonyl (C=O) groups is 1. The SMILES string of the molecule is CC(N)c1nc(C(=O)Nc2ccc(F)cc2Cl)cs1. The average Bonchev–Trinajstić information content (AvgIpc) is 2.82. The first-order valence-corrected chi connectivity index (χ1v) is 6.70. The van der Waals surface area contributed by atoms with Gasteiger partial charge in [-0.3, -0.25) is 4.79 Å². The van der Waals surface area contributed by atoms with Gasteiger partial charge < -0.3 is 11.1 Å². The van der Waals surface area contributed by atoms with Crippen molar-refractivity contribution >= 4 is 34.5 Å². The minimum absolute atomic E-state index is 0.135. The fourth-order valence-corrected chi connectivity index (χ4v) is 2.35. The van der Waals surface area contributed by atoms with Crippen LogP contribution in [0.4, 0.5) is 10.1 Å². The molecule has 1 aromatic heterocycles. The van der Waals surface area contributed by atoms with Gasteiger partial charge in [0.25, 0.3) is 5.91 Å². The third kappa shape index (κ3) is 3.28. The first kappa shape index (κ1) is 13.9. The normalized spacial score (nSPS) is 12.2. The van der Waals surface area contributed by atoms with Crippen LogP contribution in [0.3, 0.4) is 0 Å². The van der Waals surface area contributed by atoms with Crippen LogP contribution in [0.25, 0.3) is 0 Å². The molecule has 1 unspecified atom stereocenters. The van der Waals surface area contributed by atoms with Crippen LogP contribution in [-0.2, 0) is 0 Å². The molecule has 0 fully saturated rings. The van der Waals surface area contributed by atoms with Crippen molar-refractivity contribution in [3.05, 3.63) is 45.1 Å². The van der Waals surface area contributed by atoms with Crippen LogP contribution in [0.5, 0.6) is 0 Å². The van der Waals surface area contributed by atoms with E-state index in [2.05, 4.69) is 10.3 Å². The largest absolute Gasteiger partial charge is 0.322 e. The molecule has 4 nitrogen and oxygen atoms in total. The van der Waals surface area contributed by atoms with Gasteiger partial charge in [0.2, 0.25) is 0 Å². The maximum absolute atomic E-state index is 12.9. The van der Waals surface area contributed by atoms with Crippen LogP contribution in [0.2, 0.25) is 5.02 Å². The maximum Gasteiger partial charge on any atom is 0.275 e. The Balaban J connectivity index is 2.16. The predicted octanol–water partition coefficient (Wildman–Crippen LogP) is 3.21. The Morgan fingerprint density at radius 2 is 2.32 bits per heavy atom. The standard InChI is InChI=1S/C12H11ClFN3OS/c1-6(15)12-17-10(5-19-12)11(18)16-9-3-2-7(14)4-8(9)13/h2-6H,15H2,1H3,(H,16,18). The number of nitrogens with zero attached hydrogens (tertiary/aromatic N) is 1. The minimum atomic E-state index is -0.462. The van der Waals surface area contributed by atoms with E-state index in [0.29, 0.717) is 10.7 Å². The van der Waals surface area contributed by atoms with Gasteiger partial charge in [0.15, 0.2) is 0 Å². The summed E-state index contributed by atoms with van der Waals surface area (Å²) in [4.78, 5) is 16.0. The summed E-state index contributed by atoms with van der Waals surface area (Å²) in [7, 11) is 0. The lowest BCUT2D eigenvalue weighted by Crippen LogP contribution is -2.13. The highest BCUT2D eigenvalue weighted by molar-refractivity contribution is 7.09. The molecule has 0 aliphatic rings. The summed E-state index contributed by atoms with van der Waals surface area (Å²) in [6, 6.07) is 3.52. The van der Waals surface area contributed by atoms with E-state index in [0.717, 1.165) is 6.07 Å². The van der Waals surface area contributed by atoms with E-state index < -0.39 is 11.7 Å². The summed E-state index contributed by atoms with van der Waals surface area (Å²) >= 11 is 7.14. The number of halogens is 2. The molecular weight excluding hydrogens is 289 g/mol. The second-order valence-electron chi connectivity index (χ2n) is 3.94. The van der Waals surface area contributed by atoms with E-state index in [4.69, 9.17) is 17.3 Å². The van der Waals surface area contributed by atoms with Gasteiger partial charge >= 0.3 is 0 Å². The number of aromatic nitrogens is 1. The summed E-state index contributed by atoms with van der Waals surface area (Å²) in [6.07, 6.45) is 0. The Hall–Kier alpha value is -1.50. The van der Waals surface area contributed by atoms with E-state index in [1.54, 1.807) is 12.3 Å². The van der Waals surface area contributed by atoms with Crippen LogP contribution in [0, 0.1) is 5.82 Å². The lowest BCUT2D eigenvalue weighted by atomic mass is 10.3. The molecule has 3 N–H and O–H groups in total. The minimum Gasteiger partial charge on any atom is -0.322 e. The zero-order valence-electron chi connectivity index (χ0n) is 9.98. The first-order chi connectivity index (χ1) is 8.97. The summed E-state index contributed by atoms with van der Waals surface area (Å²) < 4.78 is 12.9. The number of anilines is 1. The van der Waals surface area contributed by atoms with Crippen molar-refractivity contribution < 1.29 is 9.18 Å². The summed E-state index contributed by atoms with van der Waals surface area (Å²) in [6.45, 7) is 1.79. The number of hydrogen-bond donors (Lipinski definition) is 2. The Bertz CT molecular complexity index is 615. The highest BCUT2D eigenvalue weighted by Crippen LogP contribution is 2.23. The monoisotopic (exact) mass is 299 g/mol. The molecule has 2 rings (SSSR count). The van der Waals surface area contributed by atoms with Crippen molar-refractivity contribution in [3.8, 4) is 0 Å². The summed E-state index contributed by atoms with van der Waals surface area (Å²) in [5.41, 5.74) is 6.27. The number of amides is 1. The van der Waals surface area contributed by atoms with Gasteiger partial charge in [0.05, 0.1) is 16.8 Å². The molecule has 0 saturated carbocycles. The molecule has 0 aliphatic carbocycles. The van der Waals surface area contributed by atoms with Crippen molar-refractivity contribution in [1.82, 2.24) is 4.98 Å². The third-order valence-electron chi connectivity index (χ3n) is 2.32. The van der Waals surface area contributed by atoms with Gasteiger partial charge in [-0.15, -0.1) is 11.3 Å². The molecule has 0 radical (unpaired) electrons. The van der Waals surface area contributed by atoms with Gasteiger partial charge in [0, 0.05) is 5.38 Å². The van der Waals surface area contributed by atoms with Crippen molar-refractivity contribution in [2.45, 2.75) is 13.0 Å². The van der Waals surface area contributed by atoms with Crippen LogP contribution in [0.1, 0.15) is 28.5 Å². The smallest absolute Gasteiger partial charge is 0.275 e. The lowest BCUT2D eigenvalue weighted by molar-refractivity contribution is 0.102. The fraction of sp³-hybridized carbons (Fsp3) is 0.167. The van der Waals surface area contributed by atoms with Crippen molar-refractivity contribution in [2.75, 3.05) is 5.32 Å². The molecule has 0 bridgehead atoms. The molecule has 0 spiro atoms. The number of nitrogens with two attached hydrogens (primary N) is 1. The molecule has 7 heteroatoms. The quantitative estimate of drug-likeness (QED) is 0.914. The lowest BCUT2D eigenvalue weighted by Gasteiger charge is -2.05. The van der Waals surface area contributed by atoms with E-state index in [1.165, 1.54) is 23.5 Å². The van der Waals surface area contributed by atoms with E-state index in [9.17, 15) is 9.18 Å². The number of hydrogen-bond acceptors (Lipinski definition) is 4. The third-order valence-corrected chi connectivity index (χ3v) is 3.68. The Labute approximate surface area is 118 Å². The molecule has 100 valence electrons. The zero-order valence-corrected chi connectivity index (χ0v) is 11.6. The van der Waals surface area contributed by atoms with Gasteiger partial charge in [-0.05, 0) is 25.1 Å². The molecule has 2 aromatic rings. The fourth-order valence-electron chi connectivity index (χ4n) is 1.38. The predicted molar refractivity (Wildman–Crippen MR) is 74.1 cm³/mol. The molecule has 19 heavy (non-hydrogen) atoms. The van der Waals surface area contributed by atoms with Gasteiger partial charge in [-0.25, -0.2) is 9.37 Å². The Kier molecular flexibility index (Phi) is 4.14. The molecule has 1 aromatic carbocycles. The highest BCUT2D eigenvalue weighted by atomic mass is 35.5. The molecule has 1 heterocycles. The zero-order chi connectivity index (χ0) is 14.0. The number of carbonyl (C=O) groups excluding carboxylic acids is 1. The Morgan fingerprint density at radius 3 is 2.89 bits per heavy atom. The van der Waals surface area contributed by atoms with E-state index in [-0.39, 0.29) is 16.8 Å². The van der Waals surface area contributed by atoms with Crippen molar-refractivity contribution in [3.63, 3.8) is 0 Å². The summed E-state index contributed by atoms with van der Waals surface area (Å²) in [5.74, 6) is -0.868.